The van der Waals surface area contributed by atoms with Crippen molar-refractivity contribution in [2.24, 2.45) is 5.10 Å². The van der Waals surface area contributed by atoms with Crippen molar-refractivity contribution in [1.82, 2.24) is 16.3 Å². The van der Waals surface area contributed by atoms with Gasteiger partial charge in [0.05, 0.1) is 12.8 Å². The summed E-state index contributed by atoms with van der Waals surface area (Å²) in [6.07, 6.45) is 5.75. The molecule has 0 spiro atoms. The second-order valence-corrected chi connectivity index (χ2v) is 6.90. The number of rotatable bonds is 9. The fraction of sp³-hybridized carbons (Fsp3) is 0.364. The normalized spacial score (nSPS) is 19.0. The summed E-state index contributed by atoms with van der Waals surface area (Å²) in [7, 11) is 0. The molecule has 1 amide bonds. The van der Waals surface area contributed by atoms with Crippen LogP contribution >= 0.6 is 0 Å². The van der Waals surface area contributed by atoms with Crippen molar-refractivity contribution < 1.29 is 9.53 Å². The molecule has 2 aromatic carbocycles. The van der Waals surface area contributed by atoms with E-state index in [9.17, 15) is 4.79 Å². The molecule has 1 saturated heterocycles. The van der Waals surface area contributed by atoms with Crippen LogP contribution in [-0.4, -0.2) is 24.8 Å². The summed E-state index contributed by atoms with van der Waals surface area (Å²) < 4.78 is 5.69. The van der Waals surface area contributed by atoms with Crippen molar-refractivity contribution in [2.45, 2.75) is 44.7 Å². The molecular weight excluding hydrogens is 352 g/mol. The summed E-state index contributed by atoms with van der Waals surface area (Å²) in [6, 6.07) is 17.6. The van der Waals surface area contributed by atoms with Crippen molar-refractivity contribution in [2.75, 3.05) is 6.61 Å². The van der Waals surface area contributed by atoms with Crippen molar-refractivity contribution in [3.63, 3.8) is 0 Å². The lowest BCUT2D eigenvalue weighted by Crippen LogP contribution is -2.41. The van der Waals surface area contributed by atoms with Crippen LogP contribution in [0.25, 0.3) is 0 Å². The number of nitrogens with zero attached hydrogens (tertiary/aromatic N) is 1. The van der Waals surface area contributed by atoms with E-state index in [0.29, 0.717) is 6.42 Å². The molecule has 28 heavy (non-hydrogen) atoms. The maximum absolute atomic E-state index is 12.3. The Morgan fingerprint density at radius 3 is 2.68 bits per heavy atom. The Bertz CT molecular complexity index is 762. The number of hydrazone groups is 1. The minimum Gasteiger partial charge on any atom is -0.494 e. The van der Waals surface area contributed by atoms with Gasteiger partial charge in [-0.15, -0.1) is 0 Å². The lowest BCUT2D eigenvalue weighted by molar-refractivity contribution is -0.122. The van der Waals surface area contributed by atoms with Crippen LogP contribution in [0.1, 0.15) is 49.8 Å². The lowest BCUT2D eigenvalue weighted by atomic mass is 10.0. The molecule has 1 aliphatic heterocycles. The van der Waals surface area contributed by atoms with Gasteiger partial charge in [0.2, 0.25) is 0 Å². The molecule has 1 fully saturated rings. The van der Waals surface area contributed by atoms with Gasteiger partial charge in [-0.3, -0.25) is 4.79 Å². The summed E-state index contributed by atoms with van der Waals surface area (Å²) in [5, 5.41) is 4.07. The number of ether oxygens (including phenoxy) is 1. The second-order valence-electron chi connectivity index (χ2n) is 6.90. The van der Waals surface area contributed by atoms with E-state index in [-0.39, 0.29) is 18.0 Å². The third-order valence-electron chi connectivity index (χ3n) is 4.71. The van der Waals surface area contributed by atoms with Gasteiger partial charge in [-0.1, -0.05) is 50.1 Å². The average molecular weight is 380 g/mol. The van der Waals surface area contributed by atoms with E-state index in [1.807, 2.05) is 42.5 Å². The van der Waals surface area contributed by atoms with Crippen molar-refractivity contribution in [3.05, 3.63) is 65.7 Å². The molecule has 3 N–H and O–H groups in total. The van der Waals surface area contributed by atoms with Crippen LogP contribution < -0.4 is 21.0 Å². The number of hydrazine groups is 1. The Labute approximate surface area is 166 Å². The predicted molar refractivity (Wildman–Crippen MR) is 111 cm³/mol. The fourth-order valence-electron chi connectivity index (χ4n) is 3.07. The van der Waals surface area contributed by atoms with Crippen LogP contribution in [0.4, 0.5) is 0 Å². The number of benzene rings is 2. The number of amides is 1. The standard InChI is InChI=1S/C22H28N4O2/c1-2-3-7-14-28-19-12-10-17(11-13-19)16-23-26-22(27)21-15-20(24-25-21)18-8-5-4-6-9-18/h4-6,8-13,16,20-21,24-25H,2-3,7,14-15H2,1H3,(H,26,27)/b23-16-. The smallest absolute Gasteiger partial charge is 0.258 e. The fourth-order valence-corrected chi connectivity index (χ4v) is 3.07. The highest BCUT2D eigenvalue weighted by molar-refractivity contribution is 5.85. The molecule has 0 saturated carbocycles. The van der Waals surface area contributed by atoms with Crippen molar-refractivity contribution in [3.8, 4) is 5.75 Å². The molecule has 6 heteroatoms. The summed E-state index contributed by atoms with van der Waals surface area (Å²) in [5.74, 6) is 0.698. The van der Waals surface area contributed by atoms with Crippen LogP contribution in [0.5, 0.6) is 5.75 Å². The second kappa shape index (κ2) is 10.6. The minimum atomic E-state index is -0.318. The third kappa shape index (κ3) is 5.90. The maximum atomic E-state index is 12.3. The minimum absolute atomic E-state index is 0.116. The van der Waals surface area contributed by atoms with Gasteiger partial charge >= 0.3 is 0 Å². The summed E-state index contributed by atoms with van der Waals surface area (Å²) in [4.78, 5) is 12.3. The quantitative estimate of drug-likeness (QED) is 0.354. The van der Waals surface area contributed by atoms with E-state index < -0.39 is 0 Å². The first-order chi connectivity index (χ1) is 13.8. The lowest BCUT2D eigenvalue weighted by Gasteiger charge is -2.08. The first kappa shape index (κ1) is 20.0. The van der Waals surface area contributed by atoms with Gasteiger partial charge in [0.25, 0.3) is 5.91 Å². The molecule has 0 radical (unpaired) electrons. The monoisotopic (exact) mass is 380 g/mol. The number of hydrogen-bond acceptors (Lipinski definition) is 5. The first-order valence-corrected chi connectivity index (χ1v) is 9.88. The molecule has 6 nitrogen and oxygen atoms in total. The Balaban J connectivity index is 1.42. The highest BCUT2D eigenvalue weighted by Crippen LogP contribution is 2.21. The molecular formula is C22H28N4O2. The largest absolute Gasteiger partial charge is 0.494 e. The molecule has 0 bridgehead atoms. The molecule has 3 rings (SSSR count). The van der Waals surface area contributed by atoms with Crippen LogP contribution in [-0.2, 0) is 4.79 Å². The molecule has 1 aliphatic rings. The van der Waals surface area contributed by atoms with E-state index in [2.05, 4.69) is 40.4 Å². The van der Waals surface area contributed by atoms with E-state index in [0.717, 1.165) is 29.9 Å². The zero-order valence-corrected chi connectivity index (χ0v) is 16.2. The van der Waals surface area contributed by atoms with Gasteiger partial charge in [-0.05, 0) is 48.2 Å². The topological polar surface area (TPSA) is 74.8 Å². The SMILES string of the molecule is CCCCCOc1ccc(/C=N\NC(=O)C2CC(c3ccccc3)NN2)cc1. The molecule has 2 unspecified atom stereocenters. The van der Waals surface area contributed by atoms with Crippen molar-refractivity contribution >= 4 is 12.1 Å². The van der Waals surface area contributed by atoms with Gasteiger partial charge in [0, 0.05) is 6.04 Å². The zero-order chi connectivity index (χ0) is 19.6. The van der Waals surface area contributed by atoms with Gasteiger partial charge in [-0.25, -0.2) is 16.3 Å². The number of unbranched alkanes of at least 4 members (excludes halogenated alkanes) is 2. The van der Waals surface area contributed by atoms with Crippen LogP contribution in [0, 0.1) is 0 Å². The molecule has 2 atom stereocenters. The van der Waals surface area contributed by atoms with Gasteiger partial charge in [0.15, 0.2) is 0 Å². The summed E-state index contributed by atoms with van der Waals surface area (Å²) >= 11 is 0. The van der Waals surface area contributed by atoms with E-state index in [1.165, 1.54) is 12.8 Å². The van der Waals surface area contributed by atoms with Crippen LogP contribution in [0.3, 0.4) is 0 Å². The first-order valence-electron chi connectivity index (χ1n) is 9.88. The Hall–Kier alpha value is -2.70. The zero-order valence-electron chi connectivity index (χ0n) is 16.2. The Morgan fingerprint density at radius 1 is 1.14 bits per heavy atom. The van der Waals surface area contributed by atoms with Crippen molar-refractivity contribution in [1.29, 1.82) is 0 Å². The number of carbonyl (C=O) groups is 1. The molecule has 148 valence electrons. The molecule has 2 aromatic rings. The van der Waals surface area contributed by atoms with E-state index in [1.54, 1.807) is 6.21 Å². The Kier molecular flexibility index (Phi) is 7.58. The molecule has 1 heterocycles. The number of carbonyl (C=O) groups excluding carboxylic acids is 1. The van der Waals surface area contributed by atoms with Gasteiger partial charge < -0.3 is 4.74 Å². The molecule has 0 aromatic heterocycles. The third-order valence-corrected chi connectivity index (χ3v) is 4.71. The summed E-state index contributed by atoms with van der Waals surface area (Å²) in [6.45, 7) is 2.91. The van der Waals surface area contributed by atoms with Crippen LogP contribution in [0.2, 0.25) is 0 Å². The number of hydrogen-bond donors (Lipinski definition) is 3. The predicted octanol–water partition coefficient (Wildman–Crippen LogP) is 3.31. The maximum Gasteiger partial charge on any atom is 0.258 e. The van der Waals surface area contributed by atoms with E-state index in [4.69, 9.17) is 4.74 Å². The highest BCUT2D eigenvalue weighted by Gasteiger charge is 2.29. The van der Waals surface area contributed by atoms with E-state index >= 15 is 0 Å². The van der Waals surface area contributed by atoms with Crippen LogP contribution in [0.15, 0.2) is 59.7 Å². The van der Waals surface area contributed by atoms with Gasteiger partial charge in [0.1, 0.15) is 11.8 Å². The average Bonchev–Trinajstić information content (AvgIpc) is 3.23. The molecule has 0 aliphatic carbocycles. The highest BCUT2D eigenvalue weighted by atomic mass is 16.5. The number of nitrogens with one attached hydrogen (secondary N) is 3. The Morgan fingerprint density at radius 2 is 1.93 bits per heavy atom. The summed E-state index contributed by atoms with van der Waals surface area (Å²) in [5.41, 5.74) is 10.9. The van der Waals surface area contributed by atoms with Gasteiger partial charge in [-0.2, -0.15) is 5.10 Å².